The van der Waals surface area contributed by atoms with Crippen molar-refractivity contribution in [2.24, 2.45) is 4.99 Å². The van der Waals surface area contributed by atoms with Crippen molar-refractivity contribution in [2.75, 3.05) is 25.9 Å². The molecule has 0 amide bonds. The number of halogens is 1. The second-order valence-corrected chi connectivity index (χ2v) is 9.09. The Labute approximate surface area is 185 Å². The molecule has 0 aromatic heterocycles. The van der Waals surface area contributed by atoms with Crippen LogP contribution in [0, 0.1) is 0 Å². The highest BCUT2D eigenvalue weighted by Gasteiger charge is 2.38. The van der Waals surface area contributed by atoms with E-state index < -0.39 is 9.84 Å². The Bertz CT molecular complexity index is 867. The van der Waals surface area contributed by atoms with E-state index in [1.807, 2.05) is 12.1 Å². The van der Waals surface area contributed by atoms with Crippen molar-refractivity contribution in [1.29, 1.82) is 0 Å². The first kappa shape index (κ1) is 22.7. The first-order chi connectivity index (χ1) is 13.1. The first-order valence-electron chi connectivity index (χ1n) is 9.34. The summed E-state index contributed by atoms with van der Waals surface area (Å²) in [7, 11) is -1.58. The lowest BCUT2D eigenvalue weighted by molar-refractivity contribution is 0.244. The molecule has 0 heterocycles. The third kappa shape index (κ3) is 5.47. The molecule has 28 heavy (non-hydrogen) atoms. The number of sulfone groups is 1. The fraction of sp³-hybridized carbons (Fsp3) is 0.381. The van der Waals surface area contributed by atoms with E-state index in [1.165, 1.54) is 12.0 Å². The average molecular weight is 513 g/mol. The molecule has 1 saturated carbocycles. The molecule has 1 aliphatic carbocycles. The molecular formula is C21H28IN3O2S. The van der Waals surface area contributed by atoms with Crippen molar-refractivity contribution in [3.63, 3.8) is 0 Å². The molecule has 0 radical (unpaired) electrons. The van der Waals surface area contributed by atoms with Gasteiger partial charge in [0.25, 0.3) is 0 Å². The highest BCUT2D eigenvalue weighted by Crippen LogP contribution is 2.43. The minimum Gasteiger partial charge on any atom is -0.356 e. The minimum absolute atomic E-state index is 0. The van der Waals surface area contributed by atoms with Gasteiger partial charge < -0.3 is 10.6 Å². The average Bonchev–Trinajstić information content (AvgIpc) is 2.67. The van der Waals surface area contributed by atoms with Gasteiger partial charge in [0.15, 0.2) is 15.8 Å². The number of nitrogens with one attached hydrogen (secondary N) is 2. The molecule has 0 unspecified atom stereocenters. The van der Waals surface area contributed by atoms with E-state index in [2.05, 4.69) is 39.9 Å². The molecule has 0 saturated heterocycles. The second kappa shape index (κ2) is 10.2. The van der Waals surface area contributed by atoms with Gasteiger partial charge in [-0.2, -0.15) is 0 Å². The first-order valence-corrected chi connectivity index (χ1v) is 11.0. The highest BCUT2D eigenvalue weighted by molar-refractivity contribution is 14.0. The molecule has 0 aliphatic heterocycles. The summed E-state index contributed by atoms with van der Waals surface area (Å²) in [5, 5.41) is 6.51. The van der Waals surface area contributed by atoms with Crippen molar-refractivity contribution in [3.05, 3.63) is 66.2 Å². The molecule has 0 atom stereocenters. The van der Waals surface area contributed by atoms with Gasteiger partial charge in [0.05, 0.1) is 10.6 Å². The Morgan fingerprint density at radius 2 is 1.61 bits per heavy atom. The van der Waals surface area contributed by atoms with Crippen LogP contribution in [0.15, 0.2) is 70.6 Å². The van der Waals surface area contributed by atoms with E-state index in [0.29, 0.717) is 17.4 Å². The van der Waals surface area contributed by atoms with Crippen LogP contribution < -0.4 is 10.6 Å². The van der Waals surface area contributed by atoms with E-state index in [-0.39, 0.29) is 35.1 Å². The molecular weight excluding hydrogens is 485 g/mol. The van der Waals surface area contributed by atoms with E-state index in [9.17, 15) is 8.42 Å². The van der Waals surface area contributed by atoms with Crippen LogP contribution in [-0.4, -0.2) is 40.3 Å². The lowest BCUT2D eigenvalue weighted by Gasteiger charge is -2.43. The predicted octanol–water partition coefficient (Wildman–Crippen LogP) is 3.37. The van der Waals surface area contributed by atoms with E-state index in [4.69, 9.17) is 0 Å². The van der Waals surface area contributed by atoms with Gasteiger partial charge in [0.1, 0.15) is 0 Å². The molecule has 0 bridgehead atoms. The van der Waals surface area contributed by atoms with Gasteiger partial charge in [0, 0.05) is 25.6 Å². The Hall–Kier alpha value is -1.61. The molecule has 1 aliphatic rings. The van der Waals surface area contributed by atoms with Gasteiger partial charge in [0.2, 0.25) is 0 Å². The molecule has 2 aromatic rings. The van der Waals surface area contributed by atoms with Crippen LogP contribution in [0.25, 0.3) is 0 Å². The number of guanidine groups is 1. The summed E-state index contributed by atoms with van der Waals surface area (Å²) in [6.45, 7) is 1.11. The summed E-state index contributed by atoms with van der Waals surface area (Å²) in [6.07, 6.45) is 3.55. The lowest BCUT2D eigenvalue weighted by Crippen LogP contribution is -2.49. The van der Waals surface area contributed by atoms with E-state index in [0.717, 1.165) is 19.4 Å². The molecule has 2 N–H and O–H groups in total. The third-order valence-corrected chi connectivity index (χ3v) is 7.01. The SMILES string of the molecule is CN=C(NCCS(=O)(=O)c1ccccc1)NCC1(c2ccccc2)CCC1.I. The maximum absolute atomic E-state index is 12.4. The van der Waals surface area contributed by atoms with Crippen molar-refractivity contribution in [1.82, 2.24) is 10.6 Å². The molecule has 152 valence electrons. The maximum Gasteiger partial charge on any atom is 0.191 e. The largest absolute Gasteiger partial charge is 0.356 e. The van der Waals surface area contributed by atoms with Gasteiger partial charge in [-0.15, -0.1) is 24.0 Å². The zero-order valence-corrected chi connectivity index (χ0v) is 19.2. The van der Waals surface area contributed by atoms with Crippen LogP contribution in [0.4, 0.5) is 0 Å². The van der Waals surface area contributed by atoms with Crippen molar-refractivity contribution < 1.29 is 8.42 Å². The Morgan fingerprint density at radius 3 is 2.14 bits per heavy atom. The Morgan fingerprint density at radius 1 is 1.00 bits per heavy atom. The van der Waals surface area contributed by atoms with Gasteiger partial charge in [-0.1, -0.05) is 55.0 Å². The van der Waals surface area contributed by atoms with E-state index >= 15 is 0 Å². The predicted molar refractivity (Wildman–Crippen MR) is 125 cm³/mol. The second-order valence-electron chi connectivity index (χ2n) is 6.98. The number of rotatable bonds is 7. The van der Waals surface area contributed by atoms with Crippen molar-refractivity contribution in [3.8, 4) is 0 Å². The smallest absolute Gasteiger partial charge is 0.191 e. The quantitative estimate of drug-likeness (QED) is 0.339. The fourth-order valence-corrected chi connectivity index (χ4v) is 4.66. The summed E-state index contributed by atoms with van der Waals surface area (Å²) in [6, 6.07) is 19.1. The zero-order valence-electron chi connectivity index (χ0n) is 16.1. The monoisotopic (exact) mass is 513 g/mol. The summed E-state index contributed by atoms with van der Waals surface area (Å²) in [5.74, 6) is 0.669. The van der Waals surface area contributed by atoms with Gasteiger partial charge in [-0.05, 0) is 30.5 Å². The molecule has 1 fully saturated rings. The topological polar surface area (TPSA) is 70.6 Å². The molecule has 2 aromatic carbocycles. The Kier molecular flexibility index (Phi) is 8.30. The molecule has 3 rings (SSSR count). The van der Waals surface area contributed by atoms with Crippen LogP contribution in [0.1, 0.15) is 24.8 Å². The molecule has 5 nitrogen and oxygen atoms in total. The standard InChI is InChI=1S/C21H27N3O2S.HI/c1-22-20(23-15-16-27(25,26)19-11-6-3-7-12-19)24-17-21(13-8-14-21)18-9-4-2-5-10-18;/h2-7,9-12H,8,13-17H2,1H3,(H2,22,23,24);1H. The number of benzene rings is 2. The van der Waals surface area contributed by atoms with Crippen LogP contribution >= 0.6 is 24.0 Å². The van der Waals surface area contributed by atoms with Crippen LogP contribution in [0.5, 0.6) is 0 Å². The highest BCUT2D eigenvalue weighted by atomic mass is 127. The van der Waals surface area contributed by atoms with Gasteiger partial charge >= 0.3 is 0 Å². The maximum atomic E-state index is 12.4. The molecule has 0 spiro atoms. The summed E-state index contributed by atoms with van der Waals surface area (Å²) >= 11 is 0. The number of aliphatic imine (C=N–C) groups is 1. The van der Waals surface area contributed by atoms with Crippen molar-refractivity contribution in [2.45, 2.75) is 29.6 Å². The minimum atomic E-state index is -3.29. The summed E-state index contributed by atoms with van der Waals surface area (Å²) < 4.78 is 24.7. The third-order valence-electron chi connectivity index (χ3n) is 5.28. The Balaban J connectivity index is 0.00000280. The normalized spacial score (nSPS) is 15.8. The summed E-state index contributed by atoms with van der Waals surface area (Å²) in [5.41, 5.74) is 1.50. The zero-order chi connectivity index (χ0) is 19.2. The van der Waals surface area contributed by atoms with Gasteiger partial charge in [-0.3, -0.25) is 4.99 Å². The van der Waals surface area contributed by atoms with Gasteiger partial charge in [-0.25, -0.2) is 8.42 Å². The summed E-state index contributed by atoms with van der Waals surface area (Å²) in [4.78, 5) is 4.59. The van der Waals surface area contributed by atoms with E-state index in [1.54, 1.807) is 31.3 Å². The fourth-order valence-electron chi connectivity index (χ4n) is 3.49. The lowest BCUT2D eigenvalue weighted by atomic mass is 9.64. The molecule has 7 heteroatoms. The number of nitrogens with zero attached hydrogens (tertiary/aromatic N) is 1. The van der Waals surface area contributed by atoms with Crippen LogP contribution in [0.2, 0.25) is 0 Å². The van der Waals surface area contributed by atoms with Crippen molar-refractivity contribution >= 4 is 39.8 Å². The van der Waals surface area contributed by atoms with Crippen LogP contribution in [-0.2, 0) is 15.3 Å². The van der Waals surface area contributed by atoms with Crippen LogP contribution in [0.3, 0.4) is 0 Å². The number of hydrogen-bond donors (Lipinski definition) is 2. The number of hydrogen-bond acceptors (Lipinski definition) is 3.